The van der Waals surface area contributed by atoms with Gasteiger partial charge in [-0.05, 0) is 12.8 Å². The first-order chi connectivity index (χ1) is 8.20. The van der Waals surface area contributed by atoms with Crippen LogP contribution in [0.2, 0.25) is 0 Å². The predicted molar refractivity (Wildman–Crippen MR) is 73.1 cm³/mol. The third-order valence-electron chi connectivity index (χ3n) is 2.67. The third-order valence-corrected chi connectivity index (χ3v) is 3.09. The van der Waals surface area contributed by atoms with Crippen molar-refractivity contribution in [2.45, 2.75) is 64.8 Å². The summed E-state index contributed by atoms with van der Waals surface area (Å²) in [6.45, 7) is 4.52. The molecule has 0 saturated heterocycles. The zero-order valence-corrected chi connectivity index (χ0v) is 12.0. The molecular formula is C12H26NO3P. The number of nitrogens with zero attached hydrogens (tertiary/aromatic N) is 1. The molecule has 0 aromatic heterocycles. The molecule has 0 aliphatic heterocycles. The van der Waals surface area contributed by atoms with Crippen LogP contribution in [-0.4, -0.2) is 23.8 Å². The molecule has 0 amide bonds. The van der Waals surface area contributed by atoms with Crippen molar-refractivity contribution in [1.29, 1.82) is 0 Å². The minimum absolute atomic E-state index is 0.158. The molecule has 0 heterocycles. The summed E-state index contributed by atoms with van der Waals surface area (Å²) in [5, 5.41) is 0. The minimum atomic E-state index is -2.78. The van der Waals surface area contributed by atoms with Gasteiger partial charge < -0.3 is 9.42 Å². The summed E-state index contributed by atoms with van der Waals surface area (Å²) in [4.78, 5) is 12.6. The lowest BCUT2D eigenvalue weighted by Crippen LogP contribution is -2.10. The van der Waals surface area contributed by atoms with Gasteiger partial charge in [-0.3, -0.25) is 9.56 Å². The molecule has 5 heteroatoms. The molecule has 4 nitrogen and oxygen atoms in total. The van der Waals surface area contributed by atoms with Crippen LogP contribution in [0.4, 0.5) is 0 Å². The molecular weight excluding hydrogens is 237 g/mol. The zero-order chi connectivity index (χ0) is 12.9. The molecule has 17 heavy (non-hydrogen) atoms. The molecule has 1 aliphatic rings. The van der Waals surface area contributed by atoms with E-state index < -0.39 is 8.25 Å². The molecule has 1 N–H and O–H groups in total. The van der Waals surface area contributed by atoms with Gasteiger partial charge in [0.1, 0.15) is 0 Å². The number of unbranched alkanes of at least 4 members (excludes halogenated alkanes) is 1. The van der Waals surface area contributed by atoms with Gasteiger partial charge in [0, 0.05) is 12.3 Å². The van der Waals surface area contributed by atoms with Crippen LogP contribution in [0.5, 0.6) is 0 Å². The molecule has 0 radical (unpaired) electrons. The van der Waals surface area contributed by atoms with Gasteiger partial charge in [0.25, 0.3) is 0 Å². The van der Waals surface area contributed by atoms with Crippen molar-refractivity contribution >= 4 is 14.5 Å². The monoisotopic (exact) mass is 263 g/mol. The Balaban J connectivity index is 0.000000557. The summed E-state index contributed by atoms with van der Waals surface area (Å²) >= 11 is 0. The van der Waals surface area contributed by atoms with Gasteiger partial charge in [0.2, 0.25) is 0 Å². The summed E-state index contributed by atoms with van der Waals surface area (Å²) in [7, 11) is -2.78. The van der Waals surface area contributed by atoms with Crippen molar-refractivity contribution in [3.05, 3.63) is 0 Å². The predicted octanol–water partition coefficient (Wildman–Crippen LogP) is 3.59. The highest BCUT2D eigenvalue weighted by Crippen LogP contribution is 2.20. The Hall–Kier alpha value is -0.180. The molecule has 0 aromatic carbocycles. The Morgan fingerprint density at radius 1 is 1.29 bits per heavy atom. The molecule has 0 spiro atoms. The average Bonchev–Trinajstić information content (AvgIpc) is 2.36. The second-order valence-electron chi connectivity index (χ2n) is 4.20. The van der Waals surface area contributed by atoms with Gasteiger partial charge in [-0.25, -0.2) is 0 Å². The fourth-order valence-corrected chi connectivity index (χ4v) is 1.75. The fraction of sp³-hybridized carbons (Fsp3) is 0.917. The smallest absolute Gasteiger partial charge is 0.316 e. The van der Waals surface area contributed by atoms with Crippen molar-refractivity contribution in [2.75, 3.05) is 6.61 Å². The van der Waals surface area contributed by atoms with Crippen molar-refractivity contribution < 1.29 is 14.0 Å². The van der Waals surface area contributed by atoms with Gasteiger partial charge in [-0.2, -0.15) is 0 Å². The Kier molecular flexibility index (Phi) is 12.2. The van der Waals surface area contributed by atoms with Gasteiger partial charge in [-0.1, -0.05) is 46.0 Å². The first-order valence-corrected chi connectivity index (χ1v) is 7.84. The molecule has 0 bridgehead atoms. The van der Waals surface area contributed by atoms with E-state index in [4.69, 9.17) is 4.89 Å². The number of hydrogen-bond acceptors (Lipinski definition) is 3. The van der Waals surface area contributed by atoms with E-state index in [2.05, 4.69) is 23.4 Å². The summed E-state index contributed by atoms with van der Waals surface area (Å²) < 4.78 is 14.6. The summed E-state index contributed by atoms with van der Waals surface area (Å²) in [6.07, 6.45) is 10.3. The van der Waals surface area contributed by atoms with Crippen molar-refractivity contribution in [3.8, 4) is 0 Å². The van der Waals surface area contributed by atoms with Crippen molar-refractivity contribution in [2.24, 2.45) is 4.99 Å². The Morgan fingerprint density at radius 3 is 2.35 bits per heavy atom. The highest BCUT2D eigenvalue weighted by atomic mass is 31.1. The standard InChI is InChI=1S/C8H16NO3P.C4H10/c10-13(11)12-7-6-9-8-4-2-1-3-5-8;1-3-4-2/h6,8,13H,1-5,7H2,(H,10,11);3-4H2,1-2H3/b9-6+;. The minimum Gasteiger partial charge on any atom is -0.326 e. The maximum Gasteiger partial charge on any atom is 0.316 e. The molecule has 1 rings (SSSR count). The van der Waals surface area contributed by atoms with E-state index in [9.17, 15) is 4.57 Å². The fourth-order valence-electron chi connectivity index (χ4n) is 1.53. The molecule has 1 aliphatic carbocycles. The van der Waals surface area contributed by atoms with E-state index >= 15 is 0 Å². The summed E-state index contributed by atoms with van der Waals surface area (Å²) in [5.41, 5.74) is 0. The van der Waals surface area contributed by atoms with E-state index in [1.165, 1.54) is 32.1 Å². The lowest BCUT2D eigenvalue weighted by atomic mass is 9.96. The maximum absolute atomic E-state index is 10.2. The zero-order valence-electron chi connectivity index (χ0n) is 11.0. The van der Waals surface area contributed by atoms with E-state index in [0.29, 0.717) is 6.04 Å². The summed E-state index contributed by atoms with van der Waals surface area (Å²) in [6, 6.07) is 0.415. The van der Waals surface area contributed by atoms with Crippen LogP contribution in [0.3, 0.4) is 0 Å². The molecule has 0 aromatic rings. The molecule has 1 atom stereocenters. The largest absolute Gasteiger partial charge is 0.326 e. The van der Waals surface area contributed by atoms with Crippen molar-refractivity contribution in [3.63, 3.8) is 0 Å². The SMILES string of the molecule is CCCC.O=[PH](O)OC/C=N/C1CCCCC1. The molecule has 1 fully saturated rings. The quantitative estimate of drug-likeness (QED) is 0.609. The Morgan fingerprint density at radius 2 is 1.88 bits per heavy atom. The maximum atomic E-state index is 10.2. The van der Waals surface area contributed by atoms with Gasteiger partial charge in [-0.15, -0.1) is 0 Å². The molecule has 1 saturated carbocycles. The lowest BCUT2D eigenvalue weighted by molar-refractivity contribution is 0.322. The average molecular weight is 263 g/mol. The lowest BCUT2D eigenvalue weighted by Gasteiger charge is -2.16. The highest BCUT2D eigenvalue weighted by Gasteiger charge is 2.10. The number of rotatable bonds is 5. The van der Waals surface area contributed by atoms with Crippen molar-refractivity contribution in [1.82, 2.24) is 0 Å². The van der Waals surface area contributed by atoms with E-state index in [1.54, 1.807) is 6.21 Å². The second-order valence-corrected chi connectivity index (χ2v) is 5.02. The number of hydrogen-bond donors (Lipinski definition) is 1. The molecule has 102 valence electrons. The Bertz CT molecular complexity index is 214. The topological polar surface area (TPSA) is 58.9 Å². The normalized spacial score (nSPS) is 18.8. The van der Waals surface area contributed by atoms with Crippen LogP contribution in [0.25, 0.3) is 0 Å². The van der Waals surface area contributed by atoms with Crippen LogP contribution < -0.4 is 0 Å². The third kappa shape index (κ3) is 12.1. The Labute approximate surface area is 105 Å². The van der Waals surface area contributed by atoms with E-state index in [0.717, 1.165) is 12.8 Å². The van der Waals surface area contributed by atoms with Gasteiger partial charge in [0.15, 0.2) is 0 Å². The summed E-state index contributed by atoms with van der Waals surface area (Å²) in [5.74, 6) is 0. The van der Waals surface area contributed by atoms with Crippen LogP contribution in [0, 0.1) is 0 Å². The number of aliphatic imine (C=N–C) groups is 1. The van der Waals surface area contributed by atoms with Crippen LogP contribution >= 0.6 is 8.25 Å². The van der Waals surface area contributed by atoms with E-state index in [1.807, 2.05) is 0 Å². The van der Waals surface area contributed by atoms with Crippen LogP contribution in [0.15, 0.2) is 4.99 Å². The van der Waals surface area contributed by atoms with Crippen LogP contribution in [-0.2, 0) is 9.09 Å². The first-order valence-electron chi connectivity index (χ1n) is 6.58. The van der Waals surface area contributed by atoms with E-state index in [-0.39, 0.29) is 6.61 Å². The van der Waals surface area contributed by atoms with Gasteiger partial charge in [0.05, 0.1) is 6.61 Å². The molecule has 1 unspecified atom stereocenters. The van der Waals surface area contributed by atoms with Crippen LogP contribution in [0.1, 0.15) is 58.8 Å². The second kappa shape index (κ2) is 12.3. The van der Waals surface area contributed by atoms with Gasteiger partial charge >= 0.3 is 8.25 Å². The first kappa shape index (κ1) is 16.8. The highest BCUT2D eigenvalue weighted by molar-refractivity contribution is 7.32.